The second-order valence-corrected chi connectivity index (χ2v) is 7.28. The van der Waals surface area contributed by atoms with Gasteiger partial charge in [-0.1, -0.05) is 20.8 Å². The summed E-state index contributed by atoms with van der Waals surface area (Å²) in [4.78, 5) is 11.0. The summed E-state index contributed by atoms with van der Waals surface area (Å²) in [5, 5.41) is 3.62. The molecule has 2 aliphatic heterocycles. The number of piperidine rings is 1. The van der Waals surface area contributed by atoms with E-state index in [0.29, 0.717) is 17.8 Å². The maximum Gasteiger partial charge on any atom is 0.223 e. The van der Waals surface area contributed by atoms with Crippen LogP contribution in [0.3, 0.4) is 0 Å². The normalized spacial score (nSPS) is 26.0. The Labute approximate surface area is 126 Å². The summed E-state index contributed by atoms with van der Waals surface area (Å²) < 4.78 is 0. The van der Waals surface area contributed by atoms with Gasteiger partial charge in [-0.15, -0.1) is 0 Å². The van der Waals surface area contributed by atoms with Gasteiger partial charge in [0.1, 0.15) is 11.6 Å². The third-order valence-electron chi connectivity index (χ3n) is 4.58. The van der Waals surface area contributed by atoms with E-state index in [9.17, 15) is 0 Å². The van der Waals surface area contributed by atoms with Crippen LogP contribution in [0.2, 0.25) is 0 Å². The highest BCUT2D eigenvalue weighted by Gasteiger charge is 2.37. The monoisotopic (exact) mass is 290 g/mol. The minimum absolute atomic E-state index is 0.103. The third-order valence-corrected chi connectivity index (χ3v) is 4.58. The number of nitrogens with zero attached hydrogens (tertiary/aromatic N) is 3. The van der Waals surface area contributed by atoms with E-state index in [1.807, 2.05) is 0 Å². The zero-order valence-electron chi connectivity index (χ0n) is 13.2. The van der Waals surface area contributed by atoms with Gasteiger partial charge in [0.05, 0.1) is 0 Å². The lowest BCUT2D eigenvalue weighted by atomic mass is 9.87. The highest BCUT2D eigenvalue weighted by molar-refractivity contribution is 5.63. The van der Waals surface area contributed by atoms with Gasteiger partial charge in [0.15, 0.2) is 0 Å². The lowest BCUT2D eigenvalue weighted by Crippen LogP contribution is -2.40. The average molecular weight is 290 g/mol. The fraction of sp³-hybridized carbons (Fsp3) is 0.733. The van der Waals surface area contributed by atoms with Crippen molar-refractivity contribution < 1.29 is 0 Å². The fourth-order valence-electron chi connectivity index (χ4n) is 3.65. The molecule has 116 valence electrons. The summed E-state index contributed by atoms with van der Waals surface area (Å²) in [6, 6.07) is 0.559. The number of aromatic nitrogens is 2. The molecule has 0 aliphatic carbocycles. The van der Waals surface area contributed by atoms with Crippen LogP contribution in [0.1, 0.15) is 39.2 Å². The van der Waals surface area contributed by atoms with Crippen LogP contribution in [0.5, 0.6) is 0 Å². The number of hydrogen-bond donors (Lipinski definition) is 3. The van der Waals surface area contributed by atoms with Crippen LogP contribution in [0.25, 0.3) is 0 Å². The van der Waals surface area contributed by atoms with Gasteiger partial charge in [0, 0.05) is 24.7 Å². The van der Waals surface area contributed by atoms with Crippen LogP contribution in [-0.2, 0) is 5.41 Å². The molecule has 2 saturated heterocycles. The Morgan fingerprint density at radius 2 is 1.95 bits per heavy atom. The van der Waals surface area contributed by atoms with Crippen LogP contribution in [0.15, 0.2) is 0 Å². The van der Waals surface area contributed by atoms with Crippen LogP contribution in [0, 0.1) is 5.92 Å². The van der Waals surface area contributed by atoms with Crippen LogP contribution in [-0.4, -0.2) is 35.6 Å². The molecule has 6 nitrogen and oxygen atoms in total. The maximum atomic E-state index is 6.15. The van der Waals surface area contributed by atoms with E-state index in [0.717, 1.165) is 31.0 Å². The number of nitrogens with two attached hydrogens (primary N) is 2. The third kappa shape index (κ3) is 2.64. The first-order valence-corrected chi connectivity index (χ1v) is 7.78. The van der Waals surface area contributed by atoms with Crippen molar-refractivity contribution in [3.8, 4) is 0 Å². The van der Waals surface area contributed by atoms with Crippen LogP contribution < -0.4 is 21.7 Å². The Hall–Kier alpha value is -1.56. The topological polar surface area (TPSA) is 93.1 Å². The summed E-state index contributed by atoms with van der Waals surface area (Å²) in [6.45, 7) is 9.55. The zero-order chi connectivity index (χ0) is 15.2. The number of nitrogen functional groups attached to an aromatic ring is 2. The molecule has 0 saturated carbocycles. The Morgan fingerprint density at radius 3 is 2.62 bits per heavy atom. The molecule has 0 aromatic carbocycles. The minimum atomic E-state index is -0.103. The number of rotatable bonds is 1. The molecule has 6 heteroatoms. The van der Waals surface area contributed by atoms with Gasteiger partial charge in [-0.05, 0) is 30.7 Å². The van der Waals surface area contributed by atoms with Crippen LogP contribution in [0.4, 0.5) is 17.6 Å². The van der Waals surface area contributed by atoms with Gasteiger partial charge in [-0.25, -0.2) is 0 Å². The fourth-order valence-corrected chi connectivity index (χ4v) is 3.65. The molecule has 0 unspecified atom stereocenters. The van der Waals surface area contributed by atoms with E-state index in [-0.39, 0.29) is 11.4 Å². The summed E-state index contributed by atoms with van der Waals surface area (Å²) >= 11 is 0. The Balaban J connectivity index is 1.98. The maximum absolute atomic E-state index is 6.15. The standard InChI is InChI=1S/C15H26N6/c1-15(2,3)11-12(16)19-14(17)20-13(11)21-7-9-5-4-6-18-10(9)8-21/h9-10,18H,4-8H2,1-3H3,(H4,16,17,19,20)/t9-,10+/m0/s1. The van der Waals surface area contributed by atoms with Crippen molar-refractivity contribution in [1.82, 2.24) is 15.3 Å². The first kappa shape index (κ1) is 14.4. The SMILES string of the molecule is CC(C)(C)c1c(N)nc(N)nc1N1C[C@@H]2CCCN[C@@H]2C1. The van der Waals surface area contributed by atoms with Gasteiger partial charge in [0.2, 0.25) is 5.95 Å². The van der Waals surface area contributed by atoms with Gasteiger partial charge in [-0.3, -0.25) is 0 Å². The van der Waals surface area contributed by atoms with Crippen molar-refractivity contribution in [2.45, 2.75) is 45.1 Å². The van der Waals surface area contributed by atoms with Gasteiger partial charge < -0.3 is 21.7 Å². The second kappa shape index (κ2) is 5.02. The average Bonchev–Trinajstić information content (AvgIpc) is 2.79. The predicted octanol–water partition coefficient (Wildman–Crippen LogP) is 1.13. The minimum Gasteiger partial charge on any atom is -0.383 e. The first-order chi connectivity index (χ1) is 9.86. The van der Waals surface area contributed by atoms with Crippen molar-refractivity contribution >= 4 is 17.6 Å². The molecule has 0 amide bonds. The van der Waals surface area contributed by atoms with Gasteiger partial charge in [-0.2, -0.15) is 9.97 Å². The van der Waals surface area contributed by atoms with Crippen LogP contribution >= 0.6 is 0 Å². The molecule has 2 atom stereocenters. The molecule has 0 radical (unpaired) electrons. The Bertz CT molecular complexity index is 522. The quantitative estimate of drug-likeness (QED) is 0.718. The largest absolute Gasteiger partial charge is 0.383 e. The summed E-state index contributed by atoms with van der Waals surface area (Å²) in [5.74, 6) is 2.39. The smallest absolute Gasteiger partial charge is 0.223 e. The molecule has 0 spiro atoms. The van der Waals surface area contributed by atoms with Gasteiger partial charge >= 0.3 is 0 Å². The predicted molar refractivity (Wildman–Crippen MR) is 86.3 cm³/mol. The van der Waals surface area contributed by atoms with E-state index >= 15 is 0 Å². The summed E-state index contributed by atoms with van der Waals surface area (Å²) in [5.41, 5.74) is 12.9. The summed E-state index contributed by atoms with van der Waals surface area (Å²) in [6.07, 6.45) is 2.55. The van der Waals surface area contributed by atoms with Crippen molar-refractivity contribution in [2.75, 3.05) is 36.0 Å². The summed E-state index contributed by atoms with van der Waals surface area (Å²) in [7, 11) is 0. The molecular formula is C15H26N6. The number of fused-ring (bicyclic) bond motifs is 1. The molecule has 21 heavy (non-hydrogen) atoms. The molecule has 3 heterocycles. The number of hydrogen-bond acceptors (Lipinski definition) is 6. The highest BCUT2D eigenvalue weighted by atomic mass is 15.3. The number of anilines is 3. The lowest BCUT2D eigenvalue weighted by Gasteiger charge is -2.28. The first-order valence-electron chi connectivity index (χ1n) is 7.78. The molecule has 5 N–H and O–H groups in total. The van der Waals surface area contributed by atoms with Gasteiger partial charge in [0.25, 0.3) is 0 Å². The molecule has 1 aromatic heterocycles. The molecule has 2 fully saturated rings. The van der Waals surface area contributed by atoms with Crippen molar-refractivity contribution in [1.29, 1.82) is 0 Å². The molecule has 2 aliphatic rings. The van der Waals surface area contributed by atoms with E-state index in [1.54, 1.807) is 0 Å². The van der Waals surface area contributed by atoms with Crippen molar-refractivity contribution in [3.05, 3.63) is 5.56 Å². The zero-order valence-corrected chi connectivity index (χ0v) is 13.2. The molecule has 0 bridgehead atoms. The molecule has 3 rings (SSSR count). The highest BCUT2D eigenvalue weighted by Crippen LogP contribution is 2.37. The van der Waals surface area contributed by atoms with Crippen molar-refractivity contribution in [3.63, 3.8) is 0 Å². The van der Waals surface area contributed by atoms with E-state index in [1.165, 1.54) is 12.8 Å². The van der Waals surface area contributed by atoms with E-state index in [4.69, 9.17) is 11.5 Å². The molecular weight excluding hydrogens is 264 g/mol. The molecule has 1 aromatic rings. The number of nitrogens with one attached hydrogen (secondary N) is 1. The van der Waals surface area contributed by atoms with E-state index in [2.05, 4.69) is 41.0 Å². The Morgan fingerprint density at radius 1 is 1.19 bits per heavy atom. The van der Waals surface area contributed by atoms with Crippen molar-refractivity contribution in [2.24, 2.45) is 5.92 Å². The van der Waals surface area contributed by atoms with E-state index < -0.39 is 0 Å². The second-order valence-electron chi connectivity index (χ2n) is 7.28. The Kier molecular flexibility index (Phi) is 3.43. The lowest BCUT2D eigenvalue weighted by molar-refractivity contribution is 0.340.